The third-order valence-electron chi connectivity index (χ3n) is 5.58. The van der Waals surface area contributed by atoms with E-state index in [1.165, 1.54) is 11.3 Å². The highest BCUT2D eigenvalue weighted by molar-refractivity contribution is 7.12. The fraction of sp³-hybridized carbons (Fsp3) is 0.269. The van der Waals surface area contributed by atoms with Gasteiger partial charge in [-0.05, 0) is 61.0 Å². The van der Waals surface area contributed by atoms with Crippen LogP contribution in [0.1, 0.15) is 53.8 Å². The molecule has 0 aliphatic rings. The molecule has 0 saturated carbocycles. The first kappa shape index (κ1) is 22.0. The van der Waals surface area contributed by atoms with Crippen LogP contribution in [-0.2, 0) is 0 Å². The summed E-state index contributed by atoms with van der Waals surface area (Å²) in [5.41, 5.74) is 2.35. The summed E-state index contributed by atoms with van der Waals surface area (Å²) in [5, 5.41) is 2.48. The van der Waals surface area contributed by atoms with Crippen molar-refractivity contribution in [2.24, 2.45) is 0 Å². The highest BCUT2D eigenvalue weighted by Gasteiger charge is 2.29. The van der Waals surface area contributed by atoms with Crippen molar-refractivity contribution in [3.05, 3.63) is 92.7 Å². The number of nitrogens with zero attached hydrogens (tertiary/aromatic N) is 3. The normalized spacial score (nSPS) is 12.1. The average Bonchev–Trinajstić information content (AvgIpc) is 3.34. The molecule has 0 saturated heterocycles. The predicted molar refractivity (Wildman–Crippen MR) is 131 cm³/mol. The smallest absolute Gasteiger partial charge is 0.266 e. The van der Waals surface area contributed by atoms with Crippen LogP contribution in [-0.4, -0.2) is 26.9 Å². The van der Waals surface area contributed by atoms with Gasteiger partial charge in [-0.3, -0.25) is 14.2 Å². The van der Waals surface area contributed by atoms with Crippen molar-refractivity contribution >= 4 is 28.1 Å². The van der Waals surface area contributed by atoms with Gasteiger partial charge in [0, 0.05) is 6.54 Å². The molecular formula is C26H27N3O2S. The van der Waals surface area contributed by atoms with Crippen LogP contribution in [0.25, 0.3) is 16.6 Å². The summed E-state index contributed by atoms with van der Waals surface area (Å²) in [4.78, 5) is 34.6. The molecule has 6 heteroatoms. The maximum Gasteiger partial charge on any atom is 0.266 e. The Morgan fingerprint density at radius 2 is 1.91 bits per heavy atom. The predicted octanol–water partition coefficient (Wildman–Crippen LogP) is 5.76. The highest BCUT2D eigenvalue weighted by Crippen LogP contribution is 2.28. The largest absolute Gasteiger partial charge is 0.328 e. The number of para-hydroxylation sites is 1. The van der Waals surface area contributed by atoms with Gasteiger partial charge in [0.2, 0.25) is 0 Å². The Labute approximate surface area is 192 Å². The third-order valence-corrected chi connectivity index (χ3v) is 6.44. The molecule has 5 nitrogen and oxygen atoms in total. The Morgan fingerprint density at radius 1 is 1.09 bits per heavy atom. The van der Waals surface area contributed by atoms with E-state index in [-0.39, 0.29) is 17.5 Å². The molecule has 2 aromatic heterocycles. The van der Waals surface area contributed by atoms with Gasteiger partial charge >= 0.3 is 0 Å². The lowest BCUT2D eigenvalue weighted by atomic mass is 10.1. The highest BCUT2D eigenvalue weighted by atomic mass is 32.1. The monoisotopic (exact) mass is 445 g/mol. The first-order valence-corrected chi connectivity index (χ1v) is 11.9. The molecule has 2 heterocycles. The molecular weight excluding hydrogens is 418 g/mol. The summed E-state index contributed by atoms with van der Waals surface area (Å²) in [7, 11) is 0. The molecule has 1 amide bonds. The Balaban J connectivity index is 1.97. The number of aryl methyl sites for hydroxylation is 1. The Bertz CT molecular complexity index is 1290. The molecule has 4 aromatic rings. The molecule has 1 unspecified atom stereocenters. The quantitative estimate of drug-likeness (QED) is 0.363. The molecule has 0 spiro atoms. The van der Waals surface area contributed by atoms with Crippen LogP contribution < -0.4 is 5.56 Å². The second-order valence-electron chi connectivity index (χ2n) is 7.87. The van der Waals surface area contributed by atoms with E-state index in [9.17, 15) is 9.59 Å². The SMILES string of the molecule is CCCN(C(=O)c1cccs1)C(CC)c1nc2ccccc2c(=O)n1-c1cccc(C)c1. The van der Waals surface area contributed by atoms with Gasteiger partial charge in [-0.2, -0.15) is 0 Å². The number of amides is 1. The molecule has 32 heavy (non-hydrogen) atoms. The van der Waals surface area contributed by atoms with E-state index in [4.69, 9.17) is 4.98 Å². The summed E-state index contributed by atoms with van der Waals surface area (Å²) < 4.78 is 1.69. The summed E-state index contributed by atoms with van der Waals surface area (Å²) in [6, 6.07) is 18.7. The number of carbonyl (C=O) groups is 1. The number of hydrogen-bond donors (Lipinski definition) is 0. The maximum absolute atomic E-state index is 13.7. The van der Waals surface area contributed by atoms with Gasteiger partial charge in [-0.15, -0.1) is 11.3 Å². The van der Waals surface area contributed by atoms with E-state index >= 15 is 0 Å². The molecule has 0 fully saturated rings. The van der Waals surface area contributed by atoms with E-state index in [1.54, 1.807) is 4.57 Å². The Hall–Kier alpha value is -3.25. The molecule has 0 radical (unpaired) electrons. The molecule has 1 atom stereocenters. The van der Waals surface area contributed by atoms with Crippen molar-refractivity contribution in [3.8, 4) is 5.69 Å². The van der Waals surface area contributed by atoms with E-state index in [0.29, 0.717) is 34.6 Å². The summed E-state index contributed by atoms with van der Waals surface area (Å²) in [6.07, 6.45) is 1.46. The number of fused-ring (bicyclic) bond motifs is 1. The third kappa shape index (κ3) is 4.10. The van der Waals surface area contributed by atoms with Crippen molar-refractivity contribution in [2.75, 3.05) is 6.54 Å². The Kier molecular flexibility index (Phi) is 6.51. The van der Waals surface area contributed by atoms with E-state index in [2.05, 4.69) is 6.92 Å². The fourth-order valence-electron chi connectivity index (χ4n) is 4.11. The summed E-state index contributed by atoms with van der Waals surface area (Å²) in [5.74, 6) is 0.576. The minimum atomic E-state index is -0.331. The van der Waals surface area contributed by atoms with Gasteiger partial charge in [-0.25, -0.2) is 4.98 Å². The zero-order chi connectivity index (χ0) is 22.7. The van der Waals surface area contributed by atoms with E-state index in [1.807, 2.05) is 84.8 Å². The van der Waals surface area contributed by atoms with Crippen molar-refractivity contribution in [3.63, 3.8) is 0 Å². The average molecular weight is 446 g/mol. The van der Waals surface area contributed by atoms with Gasteiger partial charge in [-0.1, -0.05) is 44.2 Å². The zero-order valence-corrected chi connectivity index (χ0v) is 19.4. The van der Waals surface area contributed by atoms with Gasteiger partial charge in [0.05, 0.1) is 27.5 Å². The van der Waals surface area contributed by atoms with Crippen LogP contribution in [0.4, 0.5) is 0 Å². The molecule has 4 rings (SSSR count). The lowest BCUT2D eigenvalue weighted by Gasteiger charge is -2.32. The van der Waals surface area contributed by atoms with Crippen molar-refractivity contribution in [1.29, 1.82) is 0 Å². The second kappa shape index (κ2) is 9.49. The van der Waals surface area contributed by atoms with Crippen molar-refractivity contribution in [2.45, 2.75) is 39.7 Å². The second-order valence-corrected chi connectivity index (χ2v) is 8.81. The first-order valence-electron chi connectivity index (χ1n) is 11.0. The van der Waals surface area contributed by atoms with Gasteiger partial charge in [0.1, 0.15) is 5.82 Å². The van der Waals surface area contributed by atoms with Crippen LogP contribution in [0.5, 0.6) is 0 Å². The number of benzene rings is 2. The zero-order valence-electron chi connectivity index (χ0n) is 18.6. The first-order chi connectivity index (χ1) is 15.5. The summed E-state index contributed by atoms with van der Waals surface area (Å²) in [6.45, 7) is 6.69. The molecule has 164 valence electrons. The molecule has 2 aromatic carbocycles. The van der Waals surface area contributed by atoms with Crippen LogP contribution in [0, 0.1) is 6.92 Å². The standard InChI is InChI=1S/C26H27N3O2S/c1-4-15-28(26(31)23-14-9-16-32-23)22(5-2)24-27-21-13-7-6-12-20(21)25(30)29(24)19-11-8-10-18(3)17-19/h6-14,16-17,22H,4-5,15H2,1-3H3. The van der Waals surface area contributed by atoms with E-state index < -0.39 is 0 Å². The van der Waals surface area contributed by atoms with Gasteiger partial charge < -0.3 is 4.90 Å². The molecule has 0 aliphatic heterocycles. The maximum atomic E-state index is 13.7. The van der Waals surface area contributed by atoms with Gasteiger partial charge in [0.15, 0.2) is 0 Å². The number of thiophene rings is 1. The molecule has 0 bridgehead atoms. The number of rotatable bonds is 7. The Morgan fingerprint density at radius 3 is 2.59 bits per heavy atom. The fourth-order valence-corrected chi connectivity index (χ4v) is 4.79. The molecule has 0 N–H and O–H groups in total. The minimum absolute atomic E-state index is 0.0214. The number of aromatic nitrogens is 2. The lowest BCUT2D eigenvalue weighted by Crippen LogP contribution is -2.38. The number of carbonyl (C=O) groups excluding carboxylic acids is 1. The number of hydrogen-bond acceptors (Lipinski definition) is 4. The summed E-state index contributed by atoms with van der Waals surface area (Å²) >= 11 is 1.44. The topological polar surface area (TPSA) is 55.2 Å². The lowest BCUT2D eigenvalue weighted by molar-refractivity contribution is 0.0664. The van der Waals surface area contributed by atoms with Crippen molar-refractivity contribution < 1.29 is 4.79 Å². The van der Waals surface area contributed by atoms with Crippen LogP contribution >= 0.6 is 11.3 Å². The van der Waals surface area contributed by atoms with Gasteiger partial charge in [0.25, 0.3) is 11.5 Å². The minimum Gasteiger partial charge on any atom is -0.328 e. The molecule has 0 aliphatic carbocycles. The van der Waals surface area contributed by atoms with Crippen molar-refractivity contribution in [1.82, 2.24) is 14.5 Å². The van der Waals surface area contributed by atoms with Crippen LogP contribution in [0.2, 0.25) is 0 Å². The van der Waals surface area contributed by atoms with E-state index in [0.717, 1.165) is 17.7 Å². The van der Waals surface area contributed by atoms with Crippen LogP contribution in [0.15, 0.2) is 70.8 Å². The van der Waals surface area contributed by atoms with Crippen LogP contribution in [0.3, 0.4) is 0 Å².